The van der Waals surface area contributed by atoms with E-state index in [-0.39, 0.29) is 23.7 Å². The van der Waals surface area contributed by atoms with Crippen LogP contribution in [0.15, 0.2) is 17.5 Å². The first-order chi connectivity index (χ1) is 10.1. The van der Waals surface area contributed by atoms with E-state index < -0.39 is 5.97 Å². The standard InChI is InChI=1S/C15H15NO4S/c17-13(18)5-4-9-6-10(21-8-9)7-16-14(19)11-2-1-3-12(11)15(16)20/h4-6,8,11-12H,1-3,7H2,(H,17,18)/b5-4+. The molecule has 5 nitrogen and oxygen atoms in total. The molecule has 1 aliphatic heterocycles. The fourth-order valence-corrected chi connectivity index (χ4v) is 3.95. The summed E-state index contributed by atoms with van der Waals surface area (Å²) >= 11 is 1.43. The molecule has 2 aliphatic rings. The minimum absolute atomic E-state index is 0.0430. The number of rotatable bonds is 4. The van der Waals surface area contributed by atoms with Crippen LogP contribution in [0.25, 0.3) is 6.08 Å². The number of carboxylic acid groups (broad SMARTS) is 1. The third kappa shape index (κ3) is 2.63. The summed E-state index contributed by atoms with van der Waals surface area (Å²) in [5.41, 5.74) is 0.775. The molecule has 0 aromatic carbocycles. The summed E-state index contributed by atoms with van der Waals surface area (Å²) in [6.45, 7) is 0.302. The maximum atomic E-state index is 12.2. The van der Waals surface area contributed by atoms with Gasteiger partial charge in [0.25, 0.3) is 0 Å². The van der Waals surface area contributed by atoms with Crippen LogP contribution >= 0.6 is 11.3 Å². The first-order valence-electron chi connectivity index (χ1n) is 6.90. The number of thiophene rings is 1. The lowest BCUT2D eigenvalue weighted by molar-refractivity contribution is -0.141. The summed E-state index contributed by atoms with van der Waals surface area (Å²) in [5, 5.41) is 10.4. The summed E-state index contributed by atoms with van der Waals surface area (Å²) in [5.74, 6) is -1.30. The fraction of sp³-hybridized carbons (Fsp3) is 0.400. The predicted molar refractivity (Wildman–Crippen MR) is 77.4 cm³/mol. The molecule has 2 heterocycles. The van der Waals surface area contributed by atoms with Gasteiger partial charge < -0.3 is 5.11 Å². The van der Waals surface area contributed by atoms with E-state index in [1.807, 2.05) is 11.4 Å². The van der Waals surface area contributed by atoms with E-state index in [0.29, 0.717) is 6.54 Å². The lowest BCUT2D eigenvalue weighted by Gasteiger charge is -2.14. The first kappa shape index (κ1) is 14.0. The Morgan fingerprint density at radius 3 is 2.62 bits per heavy atom. The third-order valence-electron chi connectivity index (χ3n) is 4.09. The average molecular weight is 305 g/mol. The minimum atomic E-state index is -1.000. The van der Waals surface area contributed by atoms with E-state index in [0.717, 1.165) is 35.8 Å². The van der Waals surface area contributed by atoms with Crippen LogP contribution in [-0.2, 0) is 20.9 Å². The SMILES string of the molecule is O=C(O)/C=C/c1csc(CN2C(=O)C3CCCC3C2=O)c1. The van der Waals surface area contributed by atoms with Gasteiger partial charge in [-0.25, -0.2) is 4.79 Å². The smallest absolute Gasteiger partial charge is 0.328 e. The third-order valence-corrected chi connectivity index (χ3v) is 5.03. The maximum absolute atomic E-state index is 12.2. The number of likely N-dealkylation sites (tertiary alicyclic amines) is 1. The summed E-state index contributed by atoms with van der Waals surface area (Å²) < 4.78 is 0. The molecule has 2 fully saturated rings. The second-order valence-electron chi connectivity index (χ2n) is 5.42. The van der Waals surface area contributed by atoms with Gasteiger partial charge in [0, 0.05) is 11.0 Å². The van der Waals surface area contributed by atoms with Crippen molar-refractivity contribution in [3.63, 3.8) is 0 Å². The van der Waals surface area contributed by atoms with E-state index in [1.54, 1.807) is 0 Å². The molecule has 2 unspecified atom stereocenters. The molecule has 1 aromatic rings. The molecule has 2 atom stereocenters. The van der Waals surface area contributed by atoms with Gasteiger partial charge >= 0.3 is 5.97 Å². The monoisotopic (exact) mass is 305 g/mol. The van der Waals surface area contributed by atoms with Crippen molar-refractivity contribution < 1.29 is 19.5 Å². The van der Waals surface area contributed by atoms with E-state index in [2.05, 4.69) is 0 Å². The Kier molecular flexibility index (Phi) is 3.63. The molecule has 21 heavy (non-hydrogen) atoms. The highest BCUT2D eigenvalue weighted by Gasteiger charge is 2.49. The van der Waals surface area contributed by atoms with Crippen LogP contribution < -0.4 is 0 Å². The quantitative estimate of drug-likeness (QED) is 0.683. The Morgan fingerprint density at radius 1 is 1.33 bits per heavy atom. The van der Waals surface area contributed by atoms with E-state index >= 15 is 0 Å². The zero-order valence-electron chi connectivity index (χ0n) is 11.3. The number of nitrogens with zero attached hydrogens (tertiary/aromatic N) is 1. The fourth-order valence-electron chi connectivity index (χ4n) is 3.11. The van der Waals surface area contributed by atoms with Gasteiger partial charge in [0.15, 0.2) is 0 Å². The van der Waals surface area contributed by atoms with Gasteiger partial charge in [-0.15, -0.1) is 11.3 Å². The van der Waals surface area contributed by atoms with E-state index in [4.69, 9.17) is 5.11 Å². The zero-order valence-corrected chi connectivity index (χ0v) is 12.1. The maximum Gasteiger partial charge on any atom is 0.328 e. The molecule has 0 bridgehead atoms. The van der Waals surface area contributed by atoms with E-state index in [9.17, 15) is 14.4 Å². The van der Waals surface area contributed by atoms with Crippen molar-refractivity contribution in [2.24, 2.45) is 11.8 Å². The van der Waals surface area contributed by atoms with Crippen LogP contribution in [0.1, 0.15) is 29.7 Å². The van der Waals surface area contributed by atoms with Crippen LogP contribution in [-0.4, -0.2) is 27.8 Å². The molecule has 3 rings (SSSR count). The molecular weight excluding hydrogens is 290 g/mol. The number of amides is 2. The Bertz CT molecular complexity index is 611. The molecule has 6 heteroatoms. The molecule has 0 radical (unpaired) electrons. The summed E-state index contributed by atoms with van der Waals surface area (Å²) in [4.78, 5) is 37.2. The molecule has 0 spiro atoms. The predicted octanol–water partition coefficient (Wildman–Crippen LogP) is 2.13. The number of hydrogen-bond acceptors (Lipinski definition) is 4. The number of hydrogen-bond donors (Lipinski definition) is 1. The number of carbonyl (C=O) groups excluding carboxylic acids is 2. The van der Waals surface area contributed by atoms with Crippen molar-refractivity contribution >= 4 is 35.2 Å². The zero-order chi connectivity index (χ0) is 15.0. The highest BCUT2D eigenvalue weighted by atomic mass is 32.1. The molecule has 110 valence electrons. The van der Waals surface area contributed by atoms with E-state index in [1.165, 1.54) is 22.3 Å². The second-order valence-corrected chi connectivity index (χ2v) is 6.42. The molecule has 1 aromatic heterocycles. The largest absolute Gasteiger partial charge is 0.478 e. The van der Waals surface area contributed by atoms with Crippen LogP contribution in [0.2, 0.25) is 0 Å². The lowest BCUT2D eigenvalue weighted by atomic mass is 10.00. The van der Waals surface area contributed by atoms with Crippen LogP contribution in [0.3, 0.4) is 0 Å². The van der Waals surface area contributed by atoms with Gasteiger partial charge in [0.05, 0.1) is 18.4 Å². The van der Waals surface area contributed by atoms with Gasteiger partial charge in [0.1, 0.15) is 0 Å². The van der Waals surface area contributed by atoms with Gasteiger partial charge in [-0.3, -0.25) is 14.5 Å². The number of fused-ring (bicyclic) bond motifs is 1. The summed E-state index contributed by atoms with van der Waals surface area (Å²) in [7, 11) is 0. The van der Waals surface area contributed by atoms with Crippen molar-refractivity contribution in [2.45, 2.75) is 25.8 Å². The molecular formula is C15H15NO4S. The molecule has 1 saturated heterocycles. The van der Waals surface area contributed by atoms with Gasteiger partial charge in [-0.05, 0) is 35.9 Å². The summed E-state index contributed by atoms with van der Waals surface area (Å²) in [6, 6.07) is 1.82. The summed E-state index contributed by atoms with van der Waals surface area (Å²) in [6.07, 6.45) is 5.18. The van der Waals surface area contributed by atoms with Gasteiger partial charge in [-0.2, -0.15) is 0 Å². The Hall–Kier alpha value is -1.95. The second kappa shape index (κ2) is 5.44. The Morgan fingerprint density at radius 2 is 2.00 bits per heavy atom. The number of carbonyl (C=O) groups is 3. The van der Waals surface area contributed by atoms with Crippen LogP contribution in [0.4, 0.5) is 0 Å². The normalized spacial score (nSPS) is 25.0. The lowest BCUT2D eigenvalue weighted by Crippen LogP contribution is -2.30. The van der Waals surface area contributed by atoms with Crippen molar-refractivity contribution in [3.8, 4) is 0 Å². The van der Waals surface area contributed by atoms with Crippen LogP contribution in [0, 0.1) is 11.8 Å². The molecule has 1 saturated carbocycles. The minimum Gasteiger partial charge on any atom is -0.478 e. The number of carboxylic acids is 1. The average Bonchev–Trinajstić information content (AvgIpc) is 3.13. The molecule has 1 aliphatic carbocycles. The van der Waals surface area contributed by atoms with Crippen molar-refractivity contribution in [2.75, 3.05) is 0 Å². The van der Waals surface area contributed by atoms with Crippen LogP contribution in [0.5, 0.6) is 0 Å². The van der Waals surface area contributed by atoms with Gasteiger partial charge in [0.2, 0.25) is 11.8 Å². The Balaban J connectivity index is 1.71. The van der Waals surface area contributed by atoms with Crippen molar-refractivity contribution in [1.29, 1.82) is 0 Å². The van der Waals surface area contributed by atoms with Crippen molar-refractivity contribution in [3.05, 3.63) is 28.0 Å². The number of imide groups is 1. The molecule has 1 N–H and O–H groups in total. The van der Waals surface area contributed by atoms with Gasteiger partial charge in [-0.1, -0.05) is 6.42 Å². The highest BCUT2D eigenvalue weighted by Crippen LogP contribution is 2.40. The topological polar surface area (TPSA) is 74.7 Å². The first-order valence-corrected chi connectivity index (χ1v) is 7.78. The Labute approximate surface area is 125 Å². The number of aliphatic carboxylic acids is 1. The molecule has 2 amide bonds. The van der Waals surface area contributed by atoms with Crippen molar-refractivity contribution in [1.82, 2.24) is 4.90 Å². The highest BCUT2D eigenvalue weighted by molar-refractivity contribution is 7.10.